The predicted molar refractivity (Wildman–Crippen MR) is 87.5 cm³/mol. The molecule has 2 aromatic rings. The highest BCUT2D eigenvalue weighted by molar-refractivity contribution is 9.10. The number of benzene rings is 2. The summed E-state index contributed by atoms with van der Waals surface area (Å²) in [6.45, 7) is 6.11. The smallest absolute Gasteiger partial charge is 0.130 e. The zero-order valence-corrected chi connectivity index (χ0v) is 13.7. The van der Waals surface area contributed by atoms with Crippen LogP contribution in [0.3, 0.4) is 0 Å². The molecule has 3 heteroatoms. The lowest BCUT2D eigenvalue weighted by molar-refractivity contribution is 0.474. The third kappa shape index (κ3) is 3.84. The molecular formula is C17H20BrNO. The van der Waals surface area contributed by atoms with E-state index in [9.17, 15) is 0 Å². The van der Waals surface area contributed by atoms with Gasteiger partial charge in [-0.05, 0) is 68.1 Å². The zero-order chi connectivity index (χ0) is 14.7. The Balaban J connectivity index is 2.27. The Morgan fingerprint density at radius 3 is 2.45 bits per heavy atom. The maximum atomic E-state index is 6.06. The minimum Gasteiger partial charge on any atom is -0.457 e. The SMILES string of the molecule is Cc1cc(Br)ccc1Oc1cc(CC(C)N)ccc1C. The lowest BCUT2D eigenvalue weighted by Gasteiger charge is -2.13. The van der Waals surface area contributed by atoms with E-state index in [-0.39, 0.29) is 6.04 Å². The first-order valence-electron chi connectivity index (χ1n) is 6.75. The van der Waals surface area contributed by atoms with Crippen molar-refractivity contribution in [1.29, 1.82) is 0 Å². The number of aryl methyl sites for hydroxylation is 2. The van der Waals surface area contributed by atoms with Crippen LogP contribution < -0.4 is 10.5 Å². The highest BCUT2D eigenvalue weighted by Crippen LogP contribution is 2.30. The van der Waals surface area contributed by atoms with Gasteiger partial charge in [0.05, 0.1) is 0 Å². The van der Waals surface area contributed by atoms with Crippen molar-refractivity contribution < 1.29 is 4.74 Å². The molecule has 0 bridgehead atoms. The quantitative estimate of drug-likeness (QED) is 0.876. The molecule has 1 unspecified atom stereocenters. The molecule has 20 heavy (non-hydrogen) atoms. The first-order valence-corrected chi connectivity index (χ1v) is 7.54. The summed E-state index contributed by atoms with van der Waals surface area (Å²) >= 11 is 3.47. The molecule has 0 aliphatic heterocycles. The summed E-state index contributed by atoms with van der Waals surface area (Å²) in [5, 5.41) is 0. The first-order chi connectivity index (χ1) is 9.45. The summed E-state index contributed by atoms with van der Waals surface area (Å²) in [5.74, 6) is 1.78. The number of rotatable bonds is 4. The van der Waals surface area contributed by atoms with Crippen molar-refractivity contribution in [2.24, 2.45) is 5.73 Å². The number of ether oxygens (including phenoxy) is 1. The summed E-state index contributed by atoms with van der Waals surface area (Å²) < 4.78 is 7.12. The van der Waals surface area contributed by atoms with Crippen LogP contribution in [-0.2, 0) is 6.42 Å². The van der Waals surface area contributed by atoms with Gasteiger partial charge in [-0.15, -0.1) is 0 Å². The fraction of sp³-hybridized carbons (Fsp3) is 0.294. The van der Waals surface area contributed by atoms with E-state index in [1.165, 1.54) is 5.56 Å². The Morgan fingerprint density at radius 1 is 1.05 bits per heavy atom. The lowest BCUT2D eigenvalue weighted by Crippen LogP contribution is -2.17. The van der Waals surface area contributed by atoms with Crippen molar-refractivity contribution in [3.63, 3.8) is 0 Å². The van der Waals surface area contributed by atoms with Crippen LogP contribution in [0.1, 0.15) is 23.6 Å². The fourth-order valence-corrected chi connectivity index (χ4v) is 2.57. The van der Waals surface area contributed by atoms with Gasteiger partial charge in [-0.25, -0.2) is 0 Å². The normalized spacial score (nSPS) is 12.2. The van der Waals surface area contributed by atoms with Crippen LogP contribution in [0.5, 0.6) is 11.5 Å². The number of halogens is 1. The van der Waals surface area contributed by atoms with Crippen LogP contribution in [0.2, 0.25) is 0 Å². The van der Waals surface area contributed by atoms with Gasteiger partial charge in [-0.1, -0.05) is 28.1 Å². The number of hydrogen-bond acceptors (Lipinski definition) is 2. The third-order valence-corrected chi connectivity index (χ3v) is 3.66. The van der Waals surface area contributed by atoms with E-state index >= 15 is 0 Å². The van der Waals surface area contributed by atoms with Gasteiger partial charge < -0.3 is 10.5 Å². The molecule has 1 atom stereocenters. The van der Waals surface area contributed by atoms with E-state index in [2.05, 4.69) is 47.1 Å². The largest absolute Gasteiger partial charge is 0.457 e. The molecule has 106 valence electrons. The summed E-state index contributed by atoms with van der Waals surface area (Å²) in [6.07, 6.45) is 0.857. The molecule has 0 spiro atoms. The van der Waals surface area contributed by atoms with Gasteiger partial charge in [-0.2, -0.15) is 0 Å². The van der Waals surface area contributed by atoms with Gasteiger partial charge in [0.25, 0.3) is 0 Å². The van der Waals surface area contributed by atoms with Crippen molar-refractivity contribution in [2.75, 3.05) is 0 Å². The van der Waals surface area contributed by atoms with Crippen molar-refractivity contribution >= 4 is 15.9 Å². The van der Waals surface area contributed by atoms with Crippen LogP contribution in [0.25, 0.3) is 0 Å². The highest BCUT2D eigenvalue weighted by Gasteiger charge is 2.07. The van der Waals surface area contributed by atoms with Crippen LogP contribution in [0, 0.1) is 13.8 Å². The Hall–Kier alpha value is -1.32. The van der Waals surface area contributed by atoms with Crippen LogP contribution >= 0.6 is 15.9 Å². The second-order valence-electron chi connectivity index (χ2n) is 5.29. The molecule has 0 saturated heterocycles. The molecular weight excluding hydrogens is 314 g/mol. The summed E-state index contributed by atoms with van der Waals surface area (Å²) in [6, 6.07) is 12.5. The summed E-state index contributed by atoms with van der Waals surface area (Å²) in [4.78, 5) is 0. The molecule has 0 amide bonds. The summed E-state index contributed by atoms with van der Waals surface area (Å²) in [7, 11) is 0. The minimum atomic E-state index is 0.153. The van der Waals surface area contributed by atoms with E-state index in [1.807, 2.05) is 26.0 Å². The van der Waals surface area contributed by atoms with Crippen molar-refractivity contribution in [1.82, 2.24) is 0 Å². The molecule has 0 aliphatic rings. The maximum absolute atomic E-state index is 6.06. The zero-order valence-electron chi connectivity index (χ0n) is 12.1. The fourth-order valence-electron chi connectivity index (χ4n) is 2.10. The Bertz CT molecular complexity index is 608. The van der Waals surface area contributed by atoms with Crippen LogP contribution in [0.4, 0.5) is 0 Å². The van der Waals surface area contributed by atoms with E-state index in [1.54, 1.807) is 0 Å². The third-order valence-electron chi connectivity index (χ3n) is 3.17. The van der Waals surface area contributed by atoms with Crippen LogP contribution in [-0.4, -0.2) is 6.04 Å². The average molecular weight is 334 g/mol. The number of hydrogen-bond donors (Lipinski definition) is 1. The second-order valence-corrected chi connectivity index (χ2v) is 6.21. The van der Waals surface area contributed by atoms with E-state index in [0.29, 0.717) is 0 Å². The minimum absolute atomic E-state index is 0.153. The van der Waals surface area contributed by atoms with Gasteiger partial charge in [0.15, 0.2) is 0 Å². The summed E-state index contributed by atoms with van der Waals surface area (Å²) in [5.41, 5.74) is 9.30. The standard InChI is InChI=1S/C17H20BrNO/c1-11-4-5-14(9-13(3)19)10-17(11)20-16-7-6-15(18)8-12(16)2/h4-8,10,13H,9,19H2,1-3H3. The second kappa shape index (κ2) is 6.42. The maximum Gasteiger partial charge on any atom is 0.130 e. The molecule has 2 nitrogen and oxygen atoms in total. The first kappa shape index (κ1) is 15.1. The molecule has 0 aromatic heterocycles. The lowest BCUT2D eigenvalue weighted by atomic mass is 10.1. The van der Waals surface area contributed by atoms with Gasteiger partial charge >= 0.3 is 0 Å². The average Bonchev–Trinajstić information content (AvgIpc) is 2.36. The molecule has 0 radical (unpaired) electrons. The van der Waals surface area contributed by atoms with Gasteiger partial charge in [0.2, 0.25) is 0 Å². The molecule has 2 N–H and O–H groups in total. The van der Waals surface area contributed by atoms with Gasteiger partial charge in [0.1, 0.15) is 11.5 Å². The van der Waals surface area contributed by atoms with Gasteiger partial charge in [0, 0.05) is 10.5 Å². The topological polar surface area (TPSA) is 35.2 Å². The molecule has 0 saturated carbocycles. The Kier molecular flexibility index (Phi) is 4.84. The van der Waals surface area contributed by atoms with Crippen molar-refractivity contribution in [2.45, 2.75) is 33.2 Å². The predicted octanol–water partition coefficient (Wildman–Crippen LogP) is 4.75. The molecule has 0 aliphatic carbocycles. The molecule has 2 rings (SSSR count). The van der Waals surface area contributed by atoms with E-state index in [0.717, 1.165) is 33.5 Å². The van der Waals surface area contributed by atoms with Gasteiger partial charge in [-0.3, -0.25) is 0 Å². The van der Waals surface area contributed by atoms with E-state index < -0.39 is 0 Å². The van der Waals surface area contributed by atoms with Crippen LogP contribution in [0.15, 0.2) is 40.9 Å². The van der Waals surface area contributed by atoms with Crippen molar-refractivity contribution in [3.05, 3.63) is 57.6 Å². The monoisotopic (exact) mass is 333 g/mol. The Morgan fingerprint density at radius 2 is 1.80 bits per heavy atom. The highest BCUT2D eigenvalue weighted by atomic mass is 79.9. The number of nitrogens with two attached hydrogens (primary N) is 1. The van der Waals surface area contributed by atoms with Crippen molar-refractivity contribution in [3.8, 4) is 11.5 Å². The molecule has 2 aromatic carbocycles. The van der Waals surface area contributed by atoms with E-state index in [4.69, 9.17) is 10.5 Å². The Labute approximate surface area is 129 Å². The molecule has 0 heterocycles. The molecule has 0 fully saturated rings.